The zero-order valence-electron chi connectivity index (χ0n) is 13.1. The van der Waals surface area contributed by atoms with Crippen LogP contribution in [0.5, 0.6) is 0 Å². The van der Waals surface area contributed by atoms with Gasteiger partial charge in [0.15, 0.2) is 5.65 Å². The lowest BCUT2D eigenvalue weighted by Crippen LogP contribution is -2.22. The fraction of sp³-hybridized carbons (Fsp3) is 0.111. The summed E-state index contributed by atoms with van der Waals surface area (Å²) in [6, 6.07) is 11.5. The molecule has 0 spiro atoms. The van der Waals surface area contributed by atoms with Crippen molar-refractivity contribution in [1.29, 1.82) is 0 Å². The Morgan fingerprint density at radius 2 is 1.88 bits per heavy atom. The average Bonchev–Trinajstić information content (AvgIpc) is 3.04. The van der Waals surface area contributed by atoms with Gasteiger partial charge in [0.25, 0.3) is 5.56 Å². The summed E-state index contributed by atoms with van der Waals surface area (Å²) in [4.78, 5) is 25.3. The van der Waals surface area contributed by atoms with E-state index in [1.807, 2.05) is 42.0 Å². The molecule has 0 aliphatic heterocycles. The van der Waals surface area contributed by atoms with Gasteiger partial charge in [0, 0.05) is 18.6 Å². The number of para-hydroxylation sites is 1. The third-order valence-corrected chi connectivity index (χ3v) is 4.01. The first-order valence-electron chi connectivity index (χ1n) is 7.62. The number of pyridine rings is 1. The lowest BCUT2D eigenvalue weighted by Gasteiger charge is -2.13. The van der Waals surface area contributed by atoms with Crippen molar-refractivity contribution in [3.05, 3.63) is 83.1 Å². The summed E-state index contributed by atoms with van der Waals surface area (Å²) < 4.78 is 3.62. The third-order valence-electron chi connectivity index (χ3n) is 4.01. The second-order valence-corrected chi connectivity index (χ2v) is 5.53. The Bertz CT molecular complexity index is 1080. The number of hydrogen-bond donors (Lipinski definition) is 0. The van der Waals surface area contributed by atoms with Gasteiger partial charge in [-0.05, 0) is 30.7 Å². The number of imidazole rings is 1. The molecular formula is C18H15N5O. The smallest absolute Gasteiger partial charge is 0.263 e. The van der Waals surface area contributed by atoms with Gasteiger partial charge in [0.2, 0.25) is 0 Å². The maximum absolute atomic E-state index is 12.7. The van der Waals surface area contributed by atoms with E-state index in [4.69, 9.17) is 0 Å². The summed E-state index contributed by atoms with van der Waals surface area (Å²) >= 11 is 0. The SMILES string of the molecule is Cc1nccn1-c1ccccc1Cn1cnc2ncccc2c1=O. The lowest BCUT2D eigenvalue weighted by molar-refractivity contribution is 0.740. The van der Waals surface area contributed by atoms with Crippen LogP contribution in [0.15, 0.2) is 66.1 Å². The van der Waals surface area contributed by atoms with Crippen molar-refractivity contribution >= 4 is 11.0 Å². The first-order valence-corrected chi connectivity index (χ1v) is 7.62. The van der Waals surface area contributed by atoms with E-state index >= 15 is 0 Å². The van der Waals surface area contributed by atoms with Crippen LogP contribution in [0.4, 0.5) is 0 Å². The molecule has 0 unspecified atom stereocenters. The van der Waals surface area contributed by atoms with Gasteiger partial charge in [0.1, 0.15) is 12.2 Å². The summed E-state index contributed by atoms with van der Waals surface area (Å²) in [5, 5.41) is 0.524. The monoisotopic (exact) mass is 317 g/mol. The fourth-order valence-corrected chi connectivity index (χ4v) is 2.81. The van der Waals surface area contributed by atoms with Crippen LogP contribution in [0.25, 0.3) is 16.7 Å². The molecule has 4 aromatic rings. The first-order chi connectivity index (χ1) is 11.7. The third kappa shape index (κ3) is 2.38. The van der Waals surface area contributed by atoms with E-state index in [0.29, 0.717) is 17.6 Å². The van der Waals surface area contributed by atoms with Crippen molar-refractivity contribution in [3.8, 4) is 5.69 Å². The number of nitrogens with zero attached hydrogens (tertiary/aromatic N) is 5. The first kappa shape index (κ1) is 14.3. The molecular weight excluding hydrogens is 302 g/mol. The van der Waals surface area contributed by atoms with Gasteiger partial charge < -0.3 is 4.57 Å². The molecule has 6 nitrogen and oxygen atoms in total. The molecule has 0 amide bonds. The van der Waals surface area contributed by atoms with E-state index in [1.54, 1.807) is 35.4 Å². The topological polar surface area (TPSA) is 65.6 Å². The summed E-state index contributed by atoms with van der Waals surface area (Å²) in [5.41, 5.74) is 2.40. The Hall–Kier alpha value is -3.28. The second-order valence-electron chi connectivity index (χ2n) is 5.53. The molecule has 6 heteroatoms. The number of benzene rings is 1. The molecule has 0 atom stereocenters. The van der Waals surface area contributed by atoms with Crippen molar-refractivity contribution in [3.63, 3.8) is 0 Å². The molecule has 0 aliphatic carbocycles. The van der Waals surface area contributed by atoms with Crippen LogP contribution in [0.1, 0.15) is 11.4 Å². The van der Waals surface area contributed by atoms with Crippen molar-refractivity contribution in [2.24, 2.45) is 0 Å². The minimum Gasteiger partial charge on any atom is -0.304 e. The number of aromatic nitrogens is 5. The zero-order chi connectivity index (χ0) is 16.5. The highest BCUT2D eigenvalue weighted by molar-refractivity contribution is 5.72. The quantitative estimate of drug-likeness (QED) is 0.582. The Morgan fingerprint density at radius 1 is 1.00 bits per heavy atom. The molecule has 3 heterocycles. The Morgan fingerprint density at radius 3 is 2.71 bits per heavy atom. The van der Waals surface area contributed by atoms with Gasteiger partial charge in [-0.25, -0.2) is 15.0 Å². The van der Waals surface area contributed by atoms with Crippen LogP contribution in [-0.2, 0) is 6.54 Å². The molecule has 0 bridgehead atoms. The summed E-state index contributed by atoms with van der Waals surface area (Å²) in [6.07, 6.45) is 6.87. The predicted octanol–water partition coefficient (Wildman–Crippen LogP) is 2.33. The molecule has 1 aromatic carbocycles. The molecule has 0 saturated heterocycles. The van der Waals surface area contributed by atoms with E-state index in [9.17, 15) is 4.79 Å². The number of hydrogen-bond acceptors (Lipinski definition) is 4. The highest BCUT2D eigenvalue weighted by atomic mass is 16.1. The molecule has 0 saturated carbocycles. The van der Waals surface area contributed by atoms with Crippen LogP contribution in [0.3, 0.4) is 0 Å². The summed E-state index contributed by atoms with van der Waals surface area (Å²) in [5.74, 6) is 0.899. The van der Waals surface area contributed by atoms with E-state index in [0.717, 1.165) is 17.1 Å². The highest BCUT2D eigenvalue weighted by Gasteiger charge is 2.09. The maximum Gasteiger partial charge on any atom is 0.263 e. The minimum atomic E-state index is -0.0924. The number of fused-ring (bicyclic) bond motifs is 1. The summed E-state index contributed by atoms with van der Waals surface area (Å²) in [7, 11) is 0. The Balaban J connectivity index is 1.81. The van der Waals surface area contributed by atoms with Crippen molar-refractivity contribution in [2.45, 2.75) is 13.5 Å². The fourth-order valence-electron chi connectivity index (χ4n) is 2.81. The van der Waals surface area contributed by atoms with E-state index in [1.165, 1.54) is 0 Å². The largest absolute Gasteiger partial charge is 0.304 e. The van der Waals surface area contributed by atoms with Crippen molar-refractivity contribution < 1.29 is 0 Å². The molecule has 118 valence electrons. The molecule has 0 fully saturated rings. The standard InChI is InChI=1S/C18H15N5O/c1-13-19-9-10-23(13)16-7-3-2-5-14(16)11-22-12-21-17-15(18(22)24)6-4-8-20-17/h2-10,12H,11H2,1H3. The molecule has 24 heavy (non-hydrogen) atoms. The zero-order valence-corrected chi connectivity index (χ0v) is 13.1. The second kappa shape index (κ2) is 5.73. The average molecular weight is 317 g/mol. The predicted molar refractivity (Wildman–Crippen MR) is 91.2 cm³/mol. The van der Waals surface area contributed by atoms with Crippen LogP contribution in [0.2, 0.25) is 0 Å². The Kier molecular flexibility index (Phi) is 3.42. The van der Waals surface area contributed by atoms with E-state index < -0.39 is 0 Å². The van der Waals surface area contributed by atoms with Gasteiger partial charge in [-0.15, -0.1) is 0 Å². The van der Waals surface area contributed by atoms with Crippen LogP contribution >= 0.6 is 0 Å². The van der Waals surface area contributed by atoms with E-state index in [2.05, 4.69) is 15.0 Å². The van der Waals surface area contributed by atoms with Crippen molar-refractivity contribution in [1.82, 2.24) is 24.1 Å². The van der Waals surface area contributed by atoms with Gasteiger partial charge in [0.05, 0.1) is 17.6 Å². The maximum atomic E-state index is 12.7. The molecule has 3 aromatic heterocycles. The summed E-state index contributed by atoms with van der Waals surface area (Å²) in [6.45, 7) is 2.39. The van der Waals surface area contributed by atoms with E-state index in [-0.39, 0.29) is 5.56 Å². The minimum absolute atomic E-state index is 0.0924. The van der Waals surface area contributed by atoms with Gasteiger partial charge in [-0.2, -0.15) is 0 Å². The van der Waals surface area contributed by atoms with Crippen molar-refractivity contribution in [2.75, 3.05) is 0 Å². The number of aryl methyl sites for hydroxylation is 1. The normalized spacial score (nSPS) is 11.0. The molecule has 0 radical (unpaired) electrons. The molecule has 4 rings (SSSR count). The van der Waals surface area contributed by atoms with Crippen LogP contribution in [0, 0.1) is 6.92 Å². The van der Waals surface area contributed by atoms with Gasteiger partial charge in [-0.1, -0.05) is 18.2 Å². The molecule has 0 aliphatic rings. The van der Waals surface area contributed by atoms with Gasteiger partial charge in [-0.3, -0.25) is 9.36 Å². The van der Waals surface area contributed by atoms with Crippen LogP contribution in [-0.4, -0.2) is 24.1 Å². The Labute approximate surface area is 138 Å². The highest BCUT2D eigenvalue weighted by Crippen LogP contribution is 2.17. The lowest BCUT2D eigenvalue weighted by atomic mass is 10.1. The van der Waals surface area contributed by atoms with Crippen LogP contribution < -0.4 is 5.56 Å². The number of rotatable bonds is 3. The van der Waals surface area contributed by atoms with Gasteiger partial charge >= 0.3 is 0 Å². The molecule has 0 N–H and O–H groups in total.